The van der Waals surface area contributed by atoms with Gasteiger partial charge in [0.25, 0.3) is 5.56 Å². The van der Waals surface area contributed by atoms with Gasteiger partial charge in [0.1, 0.15) is 28.9 Å². The van der Waals surface area contributed by atoms with E-state index in [1.54, 1.807) is 44.2 Å². The first kappa shape index (κ1) is 31.1. The van der Waals surface area contributed by atoms with Gasteiger partial charge in [-0.05, 0) is 45.2 Å². The number of aromatic nitrogens is 2. The van der Waals surface area contributed by atoms with E-state index in [2.05, 4.69) is 10.1 Å². The van der Waals surface area contributed by atoms with Crippen LogP contribution in [0.4, 0.5) is 0 Å². The molecule has 3 N–H and O–H groups in total. The average Bonchev–Trinajstić information content (AvgIpc) is 3.06. The van der Waals surface area contributed by atoms with E-state index in [1.807, 2.05) is 13.8 Å². The Bertz CT molecular complexity index is 1280. The van der Waals surface area contributed by atoms with Crippen molar-refractivity contribution in [3.63, 3.8) is 0 Å². The quantitative estimate of drug-likeness (QED) is 0.191. The molecule has 0 radical (unpaired) electrons. The number of aromatic amines is 1. The Balaban J connectivity index is 1.86. The number of benzene rings is 1. The number of alkyl halides is 1. The number of nitrogens with one attached hydrogen (secondary N) is 2. The van der Waals surface area contributed by atoms with Gasteiger partial charge in [-0.1, -0.05) is 32.0 Å². The summed E-state index contributed by atoms with van der Waals surface area (Å²) in [6.45, 7) is 8.16. The number of aliphatic hydroxyl groups excluding tert-OH is 1. The zero-order valence-electron chi connectivity index (χ0n) is 22.4. The number of halogens is 1. The number of hydrogen-bond donors (Lipinski definition) is 3. The maximum Gasteiger partial charge on any atom is 0.459 e. The van der Waals surface area contributed by atoms with E-state index >= 15 is 0 Å². The minimum atomic E-state index is -4.28. The molecule has 0 saturated carbocycles. The molecule has 0 spiro atoms. The van der Waals surface area contributed by atoms with Crippen LogP contribution in [0, 0.1) is 5.92 Å². The van der Waals surface area contributed by atoms with E-state index in [0.717, 1.165) is 10.6 Å². The third kappa shape index (κ3) is 8.03. The summed E-state index contributed by atoms with van der Waals surface area (Å²) in [5.74, 6) is -0.385. The second-order valence-corrected chi connectivity index (χ2v) is 12.6. The largest absolute Gasteiger partial charge is 0.462 e. The van der Waals surface area contributed by atoms with Crippen LogP contribution in [-0.4, -0.2) is 56.5 Å². The summed E-state index contributed by atoms with van der Waals surface area (Å²) in [4.78, 5) is 37.2. The van der Waals surface area contributed by atoms with Gasteiger partial charge in [0.05, 0.1) is 12.7 Å². The summed E-state index contributed by atoms with van der Waals surface area (Å²) >= 11 is 6.58. The van der Waals surface area contributed by atoms with Crippen molar-refractivity contribution in [1.29, 1.82) is 0 Å². The standard InChI is InChI=1S/C25H35ClN3O9P/c1-15(2)13-18(22(32)36-16(3)4)28-39(34,38-17-9-7-6-8-10-17)35-14-19-21(31)25(5,26)23(37-19)29-12-11-20(30)27-24(29)33/h6-12,15-16,18-19,21,23,31H,13-14H2,1-5H3,(H,28,34)(H,27,30,33)/t18-,19+,21+,23+,25+,39+/m0/s1. The topological polar surface area (TPSA) is 158 Å². The van der Waals surface area contributed by atoms with E-state index in [9.17, 15) is 24.1 Å². The van der Waals surface area contributed by atoms with Crippen LogP contribution in [0.2, 0.25) is 0 Å². The molecule has 1 aliphatic rings. The third-order valence-electron chi connectivity index (χ3n) is 5.86. The number of aliphatic hydroxyl groups is 1. The fourth-order valence-corrected chi connectivity index (χ4v) is 5.83. The molecule has 0 aliphatic carbocycles. The molecule has 0 amide bonds. The predicted octanol–water partition coefficient (Wildman–Crippen LogP) is 2.95. The minimum Gasteiger partial charge on any atom is -0.462 e. The molecule has 216 valence electrons. The molecule has 1 fully saturated rings. The van der Waals surface area contributed by atoms with Crippen molar-refractivity contribution >= 4 is 25.3 Å². The summed E-state index contributed by atoms with van der Waals surface area (Å²) in [6.07, 6.45) is -2.66. The molecule has 0 unspecified atom stereocenters. The molecule has 0 bridgehead atoms. The fourth-order valence-electron chi connectivity index (χ4n) is 4.02. The molecule has 1 aliphatic heterocycles. The van der Waals surface area contributed by atoms with Gasteiger partial charge >= 0.3 is 19.4 Å². The van der Waals surface area contributed by atoms with Crippen LogP contribution in [0.3, 0.4) is 0 Å². The lowest BCUT2D eigenvalue weighted by molar-refractivity contribution is -0.150. The Morgan fingerprint density at radius 2 is 1.90 bits per heavy atom. The first-order valence-corrected chi connectivity index (χ1v) is 14.5. The van der Waals surface area contributed by atoms with Crippen LogP contribution >= 0.6 is 19.3 Å². The lowest BCUT2D eigenvalue weighted by Crippen LogP contribution is -2.43. The van der Waals surface area contributed by atoms with Crippen LogP contribution in [0.15, 0.2) is 52.2 Å². The van der Waals surface area contributed by atoms with Gasteiger partial charge in [0, 0.05) is 12.3 Å². The second-order valence-electron chi connectivity index (χ2n) is 10.1. The zero-order valence-corrected chi connectivity index (χ0v) is 24.1. The average molecular weight is 588 g/mol. The van der Waals surface area contributed by atoms with Gasteiger partial charge in [-0.15, -0.1) is 11.6 Å². The lowest BCUT2D eigenvalue weighted by Gasteiger charge is -2.27. The summed E-state index contributed by atoms with van der Waals surface area (Å²) in [6, 6.07) is 8.32. The van der Waals surface area contributed by atoms with E-state index in [0.29, 0.717) is 0 Å². The van der Waals surface area contributed by atoms with Crippen molar-refractivity contribution in [3.8, 4) is 5.75 Å². The number of H-pyrrole nitrogens is 1. The van der Waals surface area contributed by atoms with Gasteiger partial charge < -0.3 is 19.1 Å². The number of esters is 1. The molecule has 3 rings (SSSR count). The van der Waals surface area contributed by atoms with Gasteiger partial charge in [-0.25, -0.2) is 9.36 Å². The number of ether oxygens (including phenoxy) is 2. The number of rotatable bonds is 12. The highest BCUT2D eigenvalue weighted by atomic mass is 35.5. The second kappa shape index (κ2) is 12.8. The Morgan fingerprint density at radius 1 is 1.23 bits per heavy atom. The van der Waals surface area contributed by atoms with E-state index in [1.165, 1.54) is 13.1 Å². The highest BCUT2D eigenvalue weighted by molar-refractivity contribution is 7.52. The van der Waals surface area contributed by atoms with Gasteiger partial charge in [-0.2, -0.15) is 5.09 Å². The third-order valence-corrected chi connectivity index (χ3v) is 7.83. The van der Waals surface area contributed by atoms with Crippen molar-refractivity contribution < 1.29 is 33.0 Å². The van der Waals surface area contributed by atoms with Crippen LogP contribution < -0.4 is 20.9 Å². The first-order valence-electron chi connectivity index (χ1n) is 12.5. The molecule has 6 atom stereocenters. The summed E-state index contributed by atoms with van der Waals surface area (Å²) in [5, 5.41) is 13.6. The predicted molar refractivity (Wildman–Crippen MR) is 144 cm³/mol. The maximum atomic E-state index is 14.0. The number of carbonyl (C=O) groups is 1. The fraction of sp³-hybridized carbons (Fsp3) is 0.560. The highest BCUT2D eigenvalue weighted by Crippen LogP contribution is 2.48. The zero-order chi connectivity index (χ0) is 29.0. The van der Waals surface area contributed by atoms with Crippen LogP contribution in [0.25, 0.3) is 0 Å². The maximum absolute atomic E-state index is 14.0. The molecular formula is C25H35ClN3O9P. The molecular weight excluding hydrogens is 553 g/mol. The summed E-state index contributed by atoms with van der Waals surface area (Å²) < 4.78 is 37.6. The van der Waals surface area contributed by atoms with E-state index in [4.69, 9.17) is 30.1 Å². The Morgan fingerprint density at radius 3 is 2.49 bits per heavy atom. The number of nitrogens with zero attached hydrogens (tertiary/aromatic N) is 1. The summed E-state index contributed by atoms with van der Waals surface area (Å²) in [7, 11) is -4.28. The van der Waals surface area contributed by atoms with Crippen molar-refractivity contribution in [2.45, 2.75) is 76.5 Å². The molecule has 2 heterocycles. The number of carbonyl (C=O) groups excluding carboxylic acids is 1. The highest BCUT2D eigenvalue weighted by Gasteiger charge is 2.54. The molecule has 2 aromatic rings. The first-order chi connectivity index (χ1) is 18.2. The molecule has 39 heavy (non-hydrogen) atoms. The lowest BCUT2D eigenvalue weighted by atomic mass is 10.0. The molecule has 1 saturated heterocycles. The van der Waals surface area contributed by atoms with Gasteiger partial charge in [0.15, 0.2) is 6.23 Å². The SMILES string of the molecule is CC(C)C[C@H](N[P@@](=O)(OC[C@H]1O[C@@H](n2ccc(=O)[nH]c2=O)[C@](C)(Cl)[C@@H]1O)Oc1ccccc1)C(=O)OC(C)C. The number of para-hydroxylation sites is 1. The minimum absolute atomic E-state index is 0.0284. The van der Waals surface area contributed by atoms with Crippen molar-refractivity contribution in [3.05, 3.63) is 63.4 Å². The Hall–Kier alpha value is -2.47. The van der Waals surface area contributed by atoms with Crippen LogP contribution in [0.5, 0.6) is 5.75 Å². The monoisotopic (exact) mass is 587 g/mol. The van der Waals surface area contributed by atoms with Crippen molar-refractivity contribution in [2.24, 2.45) is 5.92 Å². The van der Waals surface area contributed by atoms with Gasteiger partial charge in [-0.3, -0.25) is 23.7 Å². The van der Waals surface area contributed by atoms with Gasteiger partial charge in [0.2, 0.25) is 0 Å². The van der Waals surface area contributed by atoms with E-state index in [-0.39, 0.29) is 18.1 Å². The van der Waals surface area contributed by atoms with Crippen molar-refractivity contribution in [1.82, 2.24) is 14.6 Å². The molecule has 12 nitrogen and oxygen atoms in total. The summed E-state index contributed by atoms with van der Waals surface area (Å²) in [5.41, 5.74) is -1.39. The van der Waals surface area contributed by atoms with Crippen LogP contribution in [-0.2, 0) is 23.4 Å². The number of hydrogen-bond acceptors (Lipinski definition) is 9. The normalized spacial score (nSPS) is 25.4. The molecule has 1 aromatic heterocycles. The van der Waals surface area contributed by atoms with Crippen molar-refractivity contribution in [2.75, 3.05) is 6.61 Å². The van der Waals surface area contributed by atoms with E-state index < -0.39 is 67.0 Å². The smallest absolute Gasteiger partial charge is 0.459 e. The molecule has 1 aromatic carbocycles. The van der Waals surface area contributed by atoms with Crippen LogP contribution in [0.1, 0.15) is 47.3 Å². The Kier molecular flexibility index (Phi) is 10.2. The molecule has 14 heteroatoms. The Labute approximate surface area is 231 Å².